The summed E-state index contributed by atoms with van der Waals surface area (Å²) in [4.78, 5) is 12.6. The molecule has 150 valence electrons. The van der Waals surface area contributed by atoms with Gasteiger partial charge < -0.3 is 13.9 Å². The SMILES string of the molecule is O=C(Nc1nnc(CCS(=O)(=O)c2ccccc2)o1)C1COc2ccccc2O1. The molecule has 2 heterocycles. The Bertz CT molecular complexity index is 1110. The van der Waals surface area contributed by atoms with Crippen molar-refractivity contribution in [2.75, 3.05) is 17.7 Å². The second kappa shape index (κ2) is 7.92. The lowest BCUT2D eigenvalue weighted by Gasteiger charge is -2.24. The molecule has 9 nitrogen and oxygen atoms in total. The normalized spacial score (nSPS) is 15.7. The van der Waals surface area contributed by atoms with E-state index in [-0.39, 0.29) is 35.6 Å². The molecule has 0 radical (unpaired) electrons. The van der Waals surface area contributed by atoms with Crippen LogP contribution in [0.2, 0.25) is 0 Å². The van der Waals surface area contributed by atoms with Crippen molar-refractivity contribution in [1.29, 1.82) is 0 Å². The van der Waals surface area contributed by atoms with E-state index in [9.17, 15) is 13.2 Å². The number of carbonyl (C=O) groups is 1. The van der Waals surface area contributed by atoms with Crippen LogP contribution in [0.1, 0.15) is 5.89 Å². The van der Waals surface area contributed by atoms with E-state index in [1.807, 2.05) is 0 Å². The summed E-state index contributed by atoms with van der Waals surface area (Å²) >= 11 is 0. The molecule has 1 aliphatic heterocycles. The smallest absolute Gasteiger partial charge is 0.322 e. The first-order valence-electron chi connectivity index (χ1n) is 8.81. The van der Waals surface area contributed by atoms with Crippen LogP contribution in [-0.4, -0.2) is 43.0 Å². The zero-order chi connectivity index (χ0) is 20.3. The molecule has 2 aromatic carbocycles. The van der Waals surface area contributed by atoms with Crippen LogP contribution < -0.4 is 14.8 Å². The molecule has 29 heavy (non-hydrogen) atoms. The minimum Gasteiger partial charge on any atom is -0.485 e. The molecule has 4 rings (SSSR count). The highest BCUT2D eigenvalue weighted by atomic mass is 32.2. The van der Waals surface area contributed by atoms with Crippen molar-refractivity contribution in [2.24, 2.45) is 0 Å². The van der Waals surface area contributed by atoms with E-state index in [4.69, 9.17) is 13.9 Å². The monoisotopic (exact) mass is 415 g/mol. The molecular weight excluding hydrogens is 398 g/mol. The molecule has 10 heteroatoms. The van der Waals surface area contributed by atoms with Crippen LogP contribution in [-0.2, 0) is 21.1 Å². The van der Waals surface area contributed by atoms with Gasteiger partial charge in [0.2, 0.25) is 12.0 Å². The van der Waals surface area contributed by atoms with Crippen molar-refractivity contribution < 1.29 is 27.1 Å². The Hall–Kier alpha value is -3.40. The molecule has 1 aromatic heterocycles. The number of hydrogen-bond donors (Lipinski definition) is 1. The van der Waals surface area contributed by atoms with Crippen LogP contribution in [0, 0.1) is 0 Å². The molecule has 0 aliphatic carbocycles. The molecule has 1 atom stereocenters. The lowest BCUT2D eigenvalue weighted by Crippen LogP contribution is -2.40. The average Bonchev–Trinajstić information content (AvgIpc) is 3.20. The predicted octanol–water partition coefficient (Wildman–Crippen LogP) is 1.86. The molecule has 1 aliphatic rings. The number of para-hydroxylation sites is 2. The number of benzene rings is 2. The van der Waals surface area contributed by atoms with E-state index in [1.165, 1.54) is 12.1 Å². The summed E-state index contributed by atoms with van der Waals surface area (Å²) in [6.07, 6.45) is -0.852. The summed E-state index contributed by atoms with van der Waals surface area (Å²) in [5.41, 5.74) is 0. The average molecular weight is 415 g/mol. The van der Waals surface area contributed by atoms with Gasteiger partial charge in [-0.2, -0.15) is 0 Å². The summed E-state index contributed by atoms with van der Waals surface area (Å²) in [7, 11) is -3.47. The van der Waals surface area contributed by atoms with Gasteiger partial charge >= 0.3 is 6.01 Å². The Morgan fingerprint density at radius 1 is 1.03 bits per heavy atom. The quantitative estimate of drug-likeness (QED) is 0.648. The third-order valence-corrected chi connectivity index (χ3v) is 5.92. The summed E-state index contributed by atoms with van der Waals surface area (Å²) in [6, 6.07) is 15.0. The number of rotatable bonds is 6. The zero-order valence-electron chi connectivity index (χ0n) is 15.1. The number of aryl methyl sites for hydroxylation is 1. The van der Waals surface area contributed by atoms with Gasteiger partial charge in [0.05, 0.1) is 10.6 Å². The van der Waals surface area contributed by atoms with E-state index in [0.29, 0.717) is 11.5 Å². The molecular formula is C19H17N3O6S. The number of hydrogen-bond acceptors (Lipinski definition) is 8. The fourth-order valence-electron chi connectivity index (χ4n) is 2.71. The van der Waals surface area contributed by atoms with Gasteiger partial charge in [-0.1, -0.05) is 35.4 Å². The van der Waals surface area contributed by atoms with E-state index in [2.05, 4.69) is 15.5 Å². The van der Waals surface area contributed by atoms with Gasteiger partial charge in [-0.15, -0.1) is 5.10 Å². The Morgan fingerprint density at radius 2 is 1.76 bits per heavy atom. The molecule has 1 unspecified atom stereocenters. The van der Waals surface area contributed by atoms with Crippen molar-refractivity contribution in [3.63, 3.8) is 0 Å². The lowest BCUT2D eigenvalue weighted by atomic mass is 10.2. The third kappa shape index (κ3) is 4.37. The van der Waals surface area contributed by atoms with E-state index in [1.54, 1.807) is 42.5 Å². The van der Waals surface area contributed by atoms with E-state index < -0.39 is 21.8 Å². The highest BCUT2D eigenvalue weighted by Crippen LogP contribution is 2.31. The number of amides is 1. The van der Waals surface area contributed by atoms with Crippen LogP contribution in [0.15, 0.2) is 63.9 Å². The summed E-state index contributed by atoms with van der Waals surface area (Å²) in [5, 5.41) is 9.97. The maximum Gasteiger partial charge on any atom is 0.322 e. The van der Waals surface area contributed by atoms with Gasteiger partial charge in [-0.3, -0.25) is 10.1 Å². The first kappa shape index (κ1) is 18.9. The summed E-state index contributed by atoms with van der Waals surface area (Å²) in [5.74, 6) is 0.438. The number of nitrogens with one attached hydrogen (secondary N) is 1. The minimum absolute atomic E-state index is 0.0243. The first-order chi connectivity index (χ1) is 14.0. The second-order valence-electron chi connectivity index (χ2n) is 6.24. The number of fused-ring (bicyclic) bond motifs is 1. The van der Waals surface area contributed by atoms with Gasteiger partial charge in [-0.05, 0) is 24.3 Å². The van der Waals surface area contributed by atoms with Crippen LogP contribution in [0.4, 0.5) is 6.01 Å². The predicted molar refractivity (Wildman–Crippen MR) is 101 cm³/mol. The Labute approximate surface area is 166 Å². The number of ether oxygens (including phenoxy) is 2. The topological polar surface area (TPSA) is 121 Å². The highest BCUT2D eigenvalue weighted by Gasteiger charge is 2.28. The van der Waals surface area contributed by atoms with Crippen molar-refractivity contribution in [2.45, 2.75) is 17.4 Å². The van der Waals surface area contributed by atoms with E-state index in [0.717, 1.165) is 0 Å². The first-order valence-corrected chi connectivity index (χ1v) is 10.5. The van der Waals surface area contributed by atoms with E-state index >= 15 is 0 Å². The number of aromatic nitrogens is 2. The molecule has 0 fully saturated rings. The highest BCUT2D eigenvalue weighted by molar-refractivity contribution is 7.91. The van der Waals surface area contributed by atoms with Crippen LogP contribution in [0.5, 0.6) is 11.5 Å². The van der Waals surface area contributed by atoms with Crippen molar-refractivity contribution in [3.05, 3.63) is 60.5 Å². The van der Waals surface area contributed by atoms with Crippen LogP contribution in [0.3, 0.4) is 0 Å². The fraction of sp³-hybridized carbons (Fsp3) is 0.211. The molecule has 0 bridgehead atoms. The third-order valence-electron chi connectivity index (χ3n) is 4.18. The standard InChI is InChI=1S/C19H17N3O6S/c23-18(16-12-26-14-8-4-5-9-15(14)27-16)20-19-22-21-17(28-19)10-11-29(24,25)13-6-2-1-3-7-13/h1-9,16H,10-12H2,(H,20,22,23). The maximum absolute atomic E-state index is 12.3. The maximum atomic E-state index is 12.3. The molecule has 1 N–H and O–H groups in total. The number of sulfone groups is 1. The lowest BCUT2D eigenvalue weighted by molar-refractivity contribution is -0.125. The largest absolute Gasteiger partial charge is 0.485 e. The van der Waals surface area contributed by atoms with Gasteiger partial charge in [0.15, 0.2) is 21.3 Å². The molecule has 0 saturated heterocycles. The Balaban J connectivity index is 1.34. The van der Waals surface area contributed by atoms with Gasteiger partial charge in [-0.25, -0.2) is 8.42 Å². The molecule has 1 amide bonds. The number of anilines is 1. The molecule has 0 spiro atoms. The Kier molecular flexibility index (Phi) is 5.17. The number of nitrogens with zero attached hydrogens (tertiary/aromatic N) is 2. The molecule has 0 saturated carbocycles. The van der Waals surface area contributed by atoms with Crippen molar-refractivity contribution in [1.82, 2.24) is 10.2 Å². The van der Waals surface area contributed by atoms with Gasteiger partial charge in [0, 0.05) is 6.42 Å². The Morgan fingerprint density at radius 3 is 2.55 bits per heavy atom. The fourth-order valence-corrected chi connectivity index (χ4v) is 3.96. The summed E-state index contributed by atoms with van der Waals surface area (Å²) in [6.45, 7) is 0.0408. The van der Waals surface area contributed by atoms with Crippen molar-refractivity contribution >= 4 is 21.8 Å². The number of carbonyl (C=O) groups excluding carboxylic acids is 1. The minimum atomic E-state index is -3.47. The van der Waals surface area contributed by atoms with Crippen LogP contribution in [0.25, 0.3) is 0 Å². The van der Waals surface area contributed by atoms with Gasteiger partial charge in [0.25, 0.3) is 5.91 Å². The van der Waals surface area contributed by atoms with Gasteiger partial charge in [0.1, 0.15) is 6.61 Å². The summed E-state index contributed by atoms with van der Waals surface area (Å²) < 4.78 is 41.1. The molecule has 3 aromatic rings. The second-order valence-corrected chi connectivity index (χ2v) is 8.35. The zero-order valence-corrected chi connectivity index (χ0v) is 16.0. The van der Waals surface area contributed by atoms with Crippen molar-refractivity contribution in [3.8, 4) is 11.5 Å². The van der Waals surface area contributed by atoms with Crippen LogP contribution >= 0.6 is 0 Å².